The summed E-state index contributed by atoms with van der Waals surface area (Å²) in [5.74, 6) is -0.110. The number of rotatable bonds is 5. The fourth-order valence-corrected chi connectivity index (χ4v) is 3.72. The van der Waals surface area contributed by atoms with Crippen molar-refractivity contribution in [3.63, 3.8) is 0 Å². The van der Waals surface area contributed by atoms with Crippen LogP contribution in [0.3, 0.4) is 0 Å². The maximum atomic E-state index is 12.7. The van der Waals surface area contributed by atoms with Crippen LogP contribution in [0.5, 0.6) is 0 Å². The quantitative estimate of drug-likeness (QED) is 0.696. The predicted octanol–water partition coefficient (Wildman–Crippen LogP) is 2.98. The first-order chi connectivity index (χ1) is 13.5. The average molecular weight is 397 g/mol. The maximum Gasteiger partial charge on any atom is 0.272 e. The zero-order valence-electron chi connectivity index (χ0n) is 15.5. The minimum atomic E-state index is -0.216. The van der Waals surface area contributed by atoms with Gasteiger partial charge in [-0.25, -0.2) is 0 Å². The van der Waals surface area contributed by atoms with E-state index in [1.165, 1.54) is 0 Å². The highest BCUT2D eigenvalue weighted by Gasteiger charge is 2.22. The Labute approximate surface area is 167 Å². The van der Waals surface area contributed by atoms with E-state index in [0.29, 0.717) is 23.7 Å². The van der Waals surface area contributed by atoms with Gasteiger partial charge in [0, 0.05) is 36.5 Å². The van der Waals surface area contributed by atoms with Crippen molar-refractivity contribution < 1.29 is 9.59 Å². The number of carbonyl (C=O) groups is 2. The van der Waals surface area contributed by atoms with Crippen LogP contribution in [0.2, 0.25) is 5.02 Å². The predicted molar refractivity (Wildman–Crippen MR) is 108 cm³/mol. The van der Waals surface area contributed by atoms with Crippen LogP contribution in [0.4, 0.5) is 0 Å². The number of aromatic nitrogens is 2. The number of fused-ring (bicyclic) bond motifs is 1. The minimum absolute atomic E-state index is 0.106. The van der Waals surface area contributed by atoms with E-state index in [2.05, 4.69) is 15.7 Å². The van der Waals surface area contributed by atoms with E-state index >= 15 is 0 Å². The summed E-state index contributed by atoms with van der Waals surface area (Å²) in [6, 6.07) is 13.5. The highest BCUT2D eigenvalue weighted by Crippen LogP contribution is 2.22. The van der Waals surface area contributed by atoms with Crippen molar-refractivity contribution in [1.82, 2.24) is 20.4 Å². The van der Waals surface area contributed by atoms with Crippen molar-refractivity contribution in [3.05, 3.63) is 64.3 Å². The molecule has 0 bridgehead atoms. The van der Waals surface area contributed by atoms with E-state index in [1.54, 1.807) is 16.8 Å². The number of nitrogens with zero attached hydrogens (tertiary/aromatic N) is 2. The molecule has 1 fully saturated rings. The lowest BCUT2D eigenvalue weighted by Crippen LogP contribution is -2.27. The van der Waals surface area contributed by atoms with Crippen molar-refractivity contribution in [2.45, 2.75) is 31.8 Å². The highest BCUT2D eigenvalue weighted by molar-refractivity contribution is 6.30. The standard InChI is InChI=1S/C21H21ClN4O2/c1-26-18-8-4-14(10-16-7-9-19(27)24-16)11-17(18)20(25-26)21(28)23-12-13-2-5-15(22)6-3-13/h2-6,8,11,16H,7,9-10,12H2,1H3,(H,23,28)(H,24,27)/t16-/m1/s1. The summed E-state index contributed by atoms with van der Waals surface area (Å²) < 4.78 is 1.72. The molecule has 1 aliphatic rings. The van der Waals surface area contributed by atoms with Gasteiger partial charge in [-0.2, -0.15) is 5.10 Å². The Morgan fingerprint density at radius 2 is 2.00 bits per heavy atom. The number of halogens is 1. The third kappa shape index (κ3) is 3.87. The van der Waals surface area contributed by atoms with Gasteiger partial charge in [-0.15, -0.1) is 0 Å². The molecule has 0 spiro atoms. The molecule has 3 aromatic rings. The Bertz CT molecular complexity index is 1040. The molecule has 0 radical (unpaired) electrons. The summed E-state index contributed by atoms with van der Waals surface area (Å²) in [7, 11) is 1.83. The molecular formula is C21H21ClN4O2. The molecule has 2 aromatic carbocycles. The Kier molecular flexibility index (Phi) is 5.05. The van der Waals surface area contributed by atoms with Crippen LogP contribution >= 0.6 is 11.6 Å². The fourth-order valence-electron chi connectivity index (χ4n) is 3.59. The van der Waals surface area contributed by atoms with E-state index in [1.807, 2.05) is 37.4 Å². The molecule has 1 aromatic heterocycles. The molecule has 2 N–H and O–H groups in total. The smallest absolute Gasteiger partial charge is 0.272 e. The van der Waals surface area contributed by atoms with Crippen LogP contribution in [0.15, 0.2) is 42.5 Å². The van der Waals surface area contributed by atoms with Gasteiger partial charge in [0.25, 0.3) is 5.91 Å². The molecule has 1 atom stereocenters. The molecule has 2 heterocycles. The van der Waals surface area contributed by atoms with Gasteiger partial charge in [0.05, 0.1) is 5.52 Å². The Morgan fingerprint density at radius 3 is 2.71 bits per heavy atom. The fraction of sp³-hybridized carbons (Fsp3) is 0.286. The van der Waals surface area contributed by atoms with E-state index in [4.69, 9.17) is 11.6 Å². The van der Waals surface area contributed by atoms with Gasteiger partial charge < -0.3 is 10.6 Å². The lowest BCUT2D eigenvalue weighted by Gasteiger charge is -2.10. The van der Waals surface area contributed by atoms with Gasteiger partial charge in [-0.1, -0.05) is 29.8 Å². The van der Waals surface area contributed by atoms with Crippen LogP contribution in [0.1, 0.15) is 34.5 Å². The Balaban J connectivity index is 1.53. The second-order valence-electron chi connectivity index (χ2n) is 7.14. The van der Waals surface area contributed by atoms with Crippen molar-refractivity contribution in [2.24, 2.45) is 7.05 Å². The Morgan fingerprint density at radius 1 is 1.25 bits per heavy atom. The molecule has 28 heavy (non-hydrogen) atoms. The Hall–Kier alpha value is -2.86. The molecule has 6 nitrogen and oxygen atoms in total. The highest BCUT2D eigenvalue weighted by atomic mass is 35.5. The monoisotopic (exact) mass is 396 g/mol. The van der Waals surface area contributed by atoms with E-state index in [0.717, 1.165) is 34.9 Å². The summed E-state index contributed by atoms with van der Waals surface area (Å²) in [6.07, 6.45) is 2.18. The van der Waals surface area contributed by atoms with Crippen LogP contribution in [-0.4, -0.2) is 27.6 Å². The van der Waals surface area contributed by atoms with Crippen LogP contribution < -0.4 is 10.6 Å². The number of benzene rings is 2. The number of aryl methyl sites for hydroxylation is 1. The first-order valence-electron chi connectivity index (χ1n) is 9.27. The molecule has 0 unspecified atom stereocenters. The summed E-state index contributed by atoms with van der Waals surface area (Å²) in [6.45, 7) is 0.405. The van der Waals surface area contributed by atoms with Gasteiger partial charge in [0.1, 0.15) is 0 Å². The number of hydrogen-bond donors (Lipinski definition) is 2. The lowest BCUT2D eigenvalue weighted by atomic mass is 10.0. The third-order valence-electron chi connectivity index (χ3n) is 5.06. The molecule has 1 saturated heterocycles. The molecular weight excluding hydrogens is 376 g/mol. The lowest BCUT2D eigenvalue weighted by molar-refractivity contribution is -0.119. The molecule has 0 aliphatic carbocycles. The minimum Gasteiger partial charge on any atom is -0.353 e. The maximum absolute atomic E-state index is 12.7. The molecule has 144 valence electrons. The van der Waals surface area contributed by atoms with Gasteiger partial charge in [0.2, 0.25) is 5.91 Å². The van der Waals surface area contributed by atoms with Crippen molar-refractivity contribution in [3.8, 4) is 0 Å². The first kappa shape index (κ1) is 18.5. The zero-order chi connectivity index (χ0) is 19.7. The summed E-state index contributed by atoms with van der Waals surface area (Å²) in [5, 5.41) is 11.8. The van der Waals surface area contributed by atoms with Gasteiger partial charge in [-0.05, 0) is 48.2 Å². The molecule has 4 rings (SSSR count). The second kappa shape index (κ2) is 7.64. The summed E-state index contributed by atoms with van der Waals surface area (Å²) in [5.41, 5.74) is 3.36. The SMILES string of the molecule is Cn1nc(C(=O)NCc2ccc(Cl)cc2)c2cc(C[C@H]3CCC(=O)N3)ccc21. The molecule has 1 aliphatic heterocycles. The average Bonchev–Trinajstić information content (AvgIpc) is 3.24. The van der Waals surface area contributed by atoms with Gasteiger partial charge in [0.15, 0.2) is 5.69 Å². The van der Waals surface area contributed by atoms with Crippen LogP contribution in [0, 0.1) is 0 Å². The van der Waals surface area contributed by atoms with Crippen molar-refractivity contribution in [1.29, 1.82) is 0 Å². The molecule has 2 amide bonds. The van der Waals surface area contributed by atoms with Crippen molar-refractivity contribution in [2.75, 3.05) is 0 Å². The molecule has 0 saturated carbocycles. The third-order valence-corrected chi connectivity index (χ3v) is 5.32. The van der Waals surface area contributed by atoms with E-state index in [9.17, 15) is 9.59 Å². The molecule has 7 heteroatoms. The summed E-state index contributed by atoms with van der Waals surface area (Å²) >= 11 is 5.90. The number of nitrogens with one attached hydrogen (secondary N) is 2. The van der Waals surface area contributed by atoms with Crippen molar-refractivity contribution >= 4 is 34.3 Å². The van der Waals surface area contributed by atoms with E-state index < -0.39 is 0 Å². The normalized spacial score (nSPS) is 16.4. The largest absolute Gasteiger partial charge is 0.353 e. The van der Waals surface area contributed by atoms with E-state index in [-0.39, 0.29) is 17.9 Å². The summed E-state index contributed by atoms with van der Waals surface area (Å²) in [4.78, 5) is 24.2. The topological polar surface area (TPSA) is 76.0 Å². The van der Waals surface area contributed by atoms with Crippen LogP contribution in [-0.2, 0) is 24.8 Å². The number of carbonyl (C=O) groups excluding carboxylic acids is 2. The number of amides is 2. The van der Waals surface area contributed by atoms with Gasteiger partial charge in [-0.3, -0.25) is 14.3 Å². The number of hydrogen-bond acceptors (Lipinski definition) is 3. The van der Waals surface area contributed by atoms with Gasteiger partial charge >= 0.3 is 0 Å². The second-order valence-corrected chi connectivity index (χ2v) is 7.58. The zero-order valence-corrected chi connectivity index (χ0v) is 16.3. The first-order valence-corrected chi connectivity index (χ1v) is 9.65. The van der Waals surface area contributed by atoms with Crippen LogP contribution in [0.25, 0.3) is 10.9 Å².